The molecule has 1 aliphatic rings. The third kappa shape index (κ3) is 4.45. The first-order chi connectivity index (χ1) is 15.1. The Morgan fingerprint density at radius 1 is 0.903 bits per heavy atom. The van der Waals surface area contributed by atoms with Crippen molar-refractivity contribution in [1.82, 2.24) is 15.1 Å². The van der Waals surface area contributed by atoms with E-state index in [4.69, 9.17) is 9.47 Å². The number of aromatic nitrogens is 2. The van der Waals surface area contributed by atoms with Gasteiger partial charge in [0.2, 0.25) is 0 Å². The maximum absolute atomic E-state index is 12.8. The van der Waals surface area contributed by atoms with Gasteiger partial charge in [-0.2, -0.15) is 0 Å². The summed E-state index contributed by atoms with van der Waals surface area (Å²) in [5.74, 6) is 2.32. The van der Waals surface area contributed by atoms with Crippen LogP contribution in [0.5, 0.6) is 11.5 Å². The van der Waals surface area contributed by atoms with E-state index in [1.54, 1.807) is 14.2 Å². The molecule has 1 fully saturated rings. The Labute approximate surface area is 182 Å². The highest BCUT2D eigenvalue weighted by Gasteiger charge is 2.23. The minimum absolute atomic E-state index is 0.0786. The van der Waals surface area contributed by atoms with Crippen molar-refractivity contribution in [2.75, 3.05) is 45.3 Å². The molecule has 1 amide bonds. The van der Waals surface area contributed by atoms with Crippen LogP contribution in [0.2, 0.25) is 0 Å². The lowest BCUT2D eigenvalue weighted by Crippen LogP contribution is -2.49. The van der Waals surface area contributed by atoms with Crippen LogP contribution in [0.15, 0.2) is 54.6 Å². The van der Waals surface area contributed by atoms with Crippen LogP contribution in [0.25, 0.3) is 11.3 Å². The highest BCUT2D eigenvalue weighted by Crippen LogP contribution is 2.32. The number of ether oxygens (including phenoxy) is 2. The molecule has 4 rings (SSSR count). The molecule has 7 nitrogen and oxygen atoms in total. The van der Waals surface area contributed by atoms with Crippen molar-refractivity contribution in [2.45, 2.75) is 6.92 Å². The molecule has 31 heavy (non-hydrogen) atoms. The van der Waals surface area contributed by atoms with Crippen molar-refractivity contribution < 1.29 is 14.3 Å². The lowest BCUT2D eigenvalue weighted by molar-refractivity contribution is 0.0746. The third-order valence-corrected chi connectivity index (χ3v) is 5.49. The van der Waals surface area contributed by atoms with E-state index in [0.29, 0.717) is 37.6 Å². The summed E-state index contributed by atoms with van der Waals surface area (Å²) in [6.07, 6.45) is 0. The molecule has 2 heterocycles. The molecule has 0 radical (unpaired) electrons. The molecule has 3 aromatic rings. The predicted molar refractivity (Wildman–Crippen MR) is 120 cm³/mol. The van der Waals surface area contributed by atoms with Crippen LogP contribution < -0.4 is 14.4 Å². The number of rotatable bonds is 5. The zero-order valence-electron chi connectivity index (χ0n) is 18.0. The monoisotopic (exact) mass is 418 g/mol. The number of carbonyl (C=O) groups excluding carboxylic acids is 1. The van der Waals surface area contributed by atoms with Crippen molar-refractivity contribution in [3.63, 3.8) is 0 Å². The summed E-state index contributed by atoms with van der Waals surface area (Å²) in [5.41, 5.74) is 3.37. The number of hydrogen-bond acceptors (Lipinski definition) is 6. The molecule has 0 spiro atoms. The van der Waals surface area contributed by atoms with Crippen molar-refractivity contribution >= 4 is 11.7 Å². The van der Waals surface area contributed by atoms with E-state index in [2.05, 4.69) is 15.1 Å². The van der Waals surface area contributed by atoms with Gasteiger partial charge in [-0.05, 0) is 49.4 Å². The minimum atomic E-state index is 0.0786. The number of piperazine rings is 1. The van der Waals surface area contributed by atoms with Crippen LogP contribution in [-0.2, 0) is 0 Å². The number of carbonyl (C=O) groups is 1. The summed E-state index contributed by atoms with van der Waals surface area (Å²) in [6, 6.07) is 17.2. The van der Waals surface area contributed by atoms with Gasteiger partial charge in [-0.15, -0.1) is 10.2 Å². The number of amides is 1. The molecule has 1 saturated heterocycles. The molecular formula is C24H26N4O3. The fourth-order valence-electron chi connectivity index (χ4n) is 3.75. The van der Waals surface area contributed by atoms with Crippen molar-refractivity contribution in [3.05, 3.63) is 65.7 Å². The van der Waals surface area contributed by atoms with Crippen LogP contribution in [0, 0.1) is 6.92 Å². The quantitative estimate of drug-likeness (QED) is 0.632. The first-order valence-corrected chi connectivity index (χ1v) is 10.3. The Balaban J connectivity index is 1.44. The van der Waals surface area contributed by atoms with Gasteiger partial charge in [0, 0.05) is 37.3 Å². The fourth-order valence-corrected chi connectivity index (χ4v) is 3.75. The highest BCUT2D eigenvalue weighted by atomic mass is 16.5. The molecule has 0 atom stereocenters. The second-order valence-electron chi connectivity index (χ2n) is 7.49. The second kappa shape index (κ2) is 9.04. The number of nitrogens with zero attached hydrogens (tertiary/aromatic N) is 4. The lowest BCUT2D eigenvalue weighted by Gasteiger charge is -2.35. The normalized spacial score (nSPS) is 13.8. The Morgan fingerprint density at radius 2 is 1.71 bits per heavy atom. The van der Waals surface area contributed by atoms with Gasteiger partial charge >= 0.3 is 0 Å². The van der Waals surface area contributed by atoms with E-state index in [1.807, 2.05) is 66.4 Å². The smallest absolute Gasteiger partial charge is 0.253 e. The average Bonchev–Trinajstić information content (AvgIpc) is 2.83. The Bertz CT molecular complexity index is 1060. The zero-order valence-corrected chi connectivity index (χ0v) is 18.0. The molecule has 0 N–H and O–H groups in total. The van der Waals surface area contributed by atoms with Crippen LogP contribution >= 0.6 is 0 Å². The van der Waals surface area contributed by atoms with E-state index >= 15 is 0 Å². The Hall–Kier alpha value is -3.61. The lowest BCUT2D eigenvalue weighted by atomic mass is 10.1. The van der Waals surface area contributed by atoms with Gasteiger partial charge in [0.05, 0.1) is 19.9 Å². The summed E-state index contributed by atoms with van der Waals surface area (Å²) in [5, 5.41) is 8.84. The van der Waals surface area contributed by atoms with Gasteiger partial charge in [0.1, 0.15) is 11.5 Å². The SMILES string of the molecule is COc1ccc(OC)c(-c2ccc(N3CCN(C(=O)c4cccc(C)c4)CC3)nn2)c1. The number of anilines is 1. The third-order valence-electron chi connectivity index (χ3n) is 5.49. The Kier molecular flexibility index (Phi) is 6.02. The Morgan fingerprint density at radius 3 is 2.35 bits per heavy atom. The maximum Gasteiger partial charge on any atom is 0.253 e. The molecule has 0 bridgehead atoms. The van der Waals surface area contributed by atoms with Gasteiger partial charge in [-0.25, -0.2) is 0 Å². The first-order valence-electron chi connectivity index (χ1n) is 10.3. The number of hydrogen-bond donors (Lipinski definition) is 0. The number of aryl methyl sites for hydroxylation is 1. The topological polar surface area (TPSA) is 67.8 Å². The minimum Gasteiger partial charge on any atom is -0.497 e. The highest BCUT2D eigenvalue weighted by molar-refractivity contribution is 5.94. The van der Waals surface area contributed by atoms with Crippen molar-refractivity contribution in [1.29, 1.82) is 0 Å². The van der Waals surface area contributed by atoms with Crippen LogP contribution in [0.3, 0.4) is 0 Å². The zero-order chi connectivity index (χ0) is 21.8. The fraction of sp³-hybridized carbons (Fsp3) is 0.292. The summed E-state index contributed by atoms with van der Waals surface area (Å²) in [6.45, 7) is 4.74. The molecule has 0 aliphatic carbocycles. The van der Waals surface area contributed by atoms with Gasteiger partial charge in [0.25, 0.3) is 5.91 Å². The molecule has 7 heteroatoms. The van der Waals surface area contributed by atoms with Gasteiger partial charge in [-0.1, -0.05) is 17.7 Å². The van der Waals surface area contributed by atoms with Gasteiger partial charge < -0.3 is 19.3 Å². The number of methoxy groups -OCH3 is 2. The molecule has 1 aliphatic heterocycles. The van der Waals surface area contributed by atoms with E-state index in [-0.39, 0.29) is 5.91 Å². The van der Waals surface area contributed by atoms with E-state index < -0.39 is 0 Å². The van der Waals surface area contributed by atoms with Crippen molar-refractivity contribution in [3.8, 4) is 22.8 Å². The molecule has 2 aromatic carbocycles. The summed E-state index contributed by atoms with van der Waals surface area (Å²) in [7, 11) is 3.26. The molecule has 0 saturated carbocycles. The van der Waals surface area contributed by atoms with Crippen LogP contribution in [0.1, 0.15) is 15.9 Å². The number of benzene rings is 2. The average molecular weight is 418 g/mol. The molecule has 1 aromatic heterocycles. The van der Waals surface area contributed by atoms with E-state index in [0.717, 1.165) is 28.3 Å². The van der Waals surface area contributed by atoms with Crippen molar-refractivity contribution in [2.24, 2.45) is 0 Å². The van der Waals surface area contributed by atoms with E-state index in [9.17, 15) is 4.79 Å². The second-order valence-corrected chi connectivity index (χ2v) is 7.49. The van der Waals surface area contributed by atoms with Gasteiger partial charge in [-0.3, -0.25) is 4.79 Å². The first kappa shape index (κ1) is 20.7. The van der Waals surface area contributed by atoms with Crippen LogP contribution in [0.4, 0.5) is 5.82 Å². The standard InChI is InChI=1S/C24H26N4O3/c1-17-5-4-6-18(15-17)24(29)28-13-11-27(12-14-28)23-10-8-21(25-26-23)20-16-19(30-2)7-9-22(20)31-3/h4-10,15-16H,11-14H2,1-3H3. The molecule has 0 unspecified atom stereocenters. The summed E-state index contributed by atoms with van der Waals surface area (Å²) < 4.78 is 10.8. The molecule has 160 valence electrons. The summed E-state index contributed by atoms with van der Waals surface area (Å²) in [4.78, 5) is 16.8. The van der Waals surface area contributed by atoms with Gasteiger partial charge in [0.15, 0.2) is 5.82 Å². The maximum atomic E-state index is 12.8. The summed E-state index contributed by atoms with van der Waals surface area (Å²) >= 11 is 0. The largest absolute Gasteiger partial charge is 0.497 e. The van der Waals surface area contributed by atoms with E-state index in [1.165, 1.54) is 0 Å². The van der Waals surface area contributed by atoms with Crippen LogP contribution in [-0.4, -0.2) is 61.4 Å². The predicted octanol–water partition coefficient (Wildman–Crippen LogP) is 3.43. The molecular weight excluding hydrogens is 392 g/mol.